The summed E-state index contributed by atoms with van der Waals surface area (Å²) >= 11 is 0. The highest BCUT2D eigenvalue weighted by atomic mass is 32.2. The van der Waals surface area contributed by atoms with Gasteiger partial charge in [0, 0.05) is 6.54 Å². The summed E-state index contributed by atoms with van der Waals surface area (Å²) in [6.45, 7) is 3.97. The number of sulfone groups is 1. The van der Waals surface area contributed by atoms with Crippen molar-refractivity contribution >= 4 is 21.4 Å². The van der Waals surface area contributed by atoms with Gasteiger partial charge in [-0.1, -0.05) is 19.1 Å². The molecular formula is C15H21F2N3O3S. The zero-order valence-electron chi connectivity index (χ0n) is 13.3. The Kier molecular flexibility index (Phi) is 5.56. The number of alkyl halides is 2. The minimum absolute atomic E-state index is 0.0444. The van der Waals surface area contributed by atoms with Gasteiger partial charge in [-0.2, -0.15) is 8.78 Å². The van der Waals surface area contributed by atoms with E-state index in [4.69, 9.17) is 5.73 Å². The van der Waals surface area contributed by atoms with Gasteiger partial charge in [-0.15, -0.1) is 0 Å². The first-order valence-electron chi connectivity index (χ1n) is 7.51. The summed E-state index contributed by atoms with van der Waals surface area (Å²) < 4.78 is 48.8. The quantitative estimate of drug-likeness (QED) is 0.797. The lowest BCUT2D eigenvalue weighted by atomic mass is 9.90. The lowest BCUT2D eigenvalue weighted by Crippen LogP contribution is -2.35. The van der Waals surface area contributed by atoms with Gasteiger partial charge in [0.05, 0.1) is 17.1 Å². The minimum Gasteiger partial charge on any atom is -0.330 e. The number of para-hydroxylation sites is 1. The first kappa shape index (κ1) is 18.8. The number of carbonyl (C=O) groups excluding carboxylic acids is 1. The van der Waals surface area contributed by atoms with Gasteiger partial charge in [-0.05, 0) is 37.1 Å². The first-order chi connectivity index (χ1) is 11.2. The number of halogens is 2. The molecule has 1 aromatic carbocycles. The molecule has 0 saturated carbocycles. The van der Waals surface area contributed by atoms with Crippen molar-refractivity contribution in [2.75, 3.05) is 31.5 Å². The molecule has 0 radical (unpaired) electrons. The van der Waals surface area contributed by atoms with Gasteiger partial charge in [-0.3, -0.25) is 9.69 Å². The Morgan fingerprint density at radius 1 is 1.42 bits per heavy atom. The van der Waals surface area contributed by atoms with Crippen LogP contribution in [0.15, 0.2) is 29.2 Å². The van der Waals surface area contributed by atoms with Gasteiger partial charge in [0.25, 0.3) is 0 Å². The van der Waals surface area contributed by atoms with Gasteiger partial charge in [0.2, 0.25) is 15.7 Å². The van der Waals surface area contributed by atoms with E-state index in [0.29, 0.717) is 19.6 Å². The van der Waals surface area contributed by atoms with Crippen molar-refractivity contribution in [1.29, 1.82) is 0 Å². The molecule has 1 aliphatic rings. The third kappa shape index (κ3) is 4.08. The van der Waals surface area contributed by atoms with Crippen molar-refractivity contribution in [3.8, 4) is 0 Å². The molecule has 1 atom stereocenters. The Bertz CT molecular complexity index is 712. The fourth-order valence-corrected chi connectivity index (χ4v) is 3.62. The van der Waals surface area contributed by atoms with Gasteiger partial charge < -0.3 is 11.1 Å². The van der Waals surface area contributed by atoms with Crippen molar-refractivity contribution in [3.05, 3.63) is 24.3 Å². The number of benzene rings is 1. The van der Waals surface area contributed by atoms with Crippen molar-refractivity contribution < 1.29 is 22.0 Å². The summed E-state index contributed by atoms with van der Waals surface area (Å²) in [5, 5.41) is 2.42. The van der Waals surface area contributed by atoms with Crippen LogP contribution in [0.4, 0.5) is 14.5 Å². The minimum atomic E-state index is -4.78. The Labute approximate surface area is 139 Å². The van der Waals surface area contributed by atoms with E-state index in [9.17, 15) is 22.0 Å². The highest BCUT2D eigenvalue weighted by Crippen LogP contribution is 2.29. The normalized spacial score (nSPS) is 22.0. The third-order valence-corrected chi connectivity index (χ3v) is 5.64. The number of likely N-dealkylation sites (tertiary alicyclic amines) is 1. The van der Waals surface area contributed by atoms with E-state index in [2.05, 4.69) is 5.32 Å². The zero-order valence-corrected chi connectivity index (χ0v) is 14.2. The van der Waals surface area contributed by atoms with Crippen LogP contribution in [-0.4, -0.2) is 51.2 Å². The number of nitrogens with two attached hydrogens (primary N) is 1. The van der Waals surface area contributed by atoms with Crippen LogP contribution >= 0.6 is 0 Å². The fraction of sp³-hybridized carbons (Fsp3) is 0.533. The molecule has 1 fully saturated rings. The predicted molar refractivity (Wildman–Crippen MR) is 86.5 cm³/mol. The van der Waals surface area contributed by atoms with Crippen LogP contribution < -0.4 is 11.1 Å². The summed E-state index contributed by atoms with van der Waals surface area (Å²) in [6.07, 6.45) is 0.868. The number of nitrogens with zero attached hydrogens (tertiary/aromatic N) is 1. The molecule has 3 N–H and O–H groups in total. The maximum atomic E-state index is 12.7. The molecule has 0 spiro atoms. The average Bonchev–Trinajstić information content (AvgIpc) is 2.89. The highest BCUT2D eigenvalue weighted by molar-refractivity contribution is 7.91. The van der Waals surface area contributed by atoms with Crippen LogP contribution in [0.5, 0.6) is 0 Å². The van der Waals surface area contributed by atoms with Crippen LogP contribution in [0.2, 0.25) is 0 Å². The molecule has 2 rings (SSSR count). The number of carbonyl (C=O) groups is 1. The smallest absolute Gasteiger partial charge is 0.330 e. The van der Waals surface area contributed by atoms with Crippen LogP contribution in [0.3, 0.4) is 0 Å². The summed E-state index contributed by atoms with van der Waals surface area (Å²) in [5.74, 6) is -3.99. The van der Waals surface area contributed by atoms with E-state index in [1.807, 2.05) is 11.8 Å². The van der Waals surface area contributed by atoms with Gasteiger partial charge in [-0.25, -0.2) is 8.42 Å². The molecule has 1 amide bonds. The SMILES string of the molecule is CC1(CN)CCN(CC(=O)Nc2ccccc2S(=O)(=O)C(F)F)C1. The first-order valence-corrected chi connectivity index (χ1v) is 9.06. The van der Waals surface area contributed by atoms with Gasteiger partial charge in [0.1, 0.15) is 0 Å². The van der Waals surface area contributed by atoms with Gasteiger partial charge in [0.15, 0.2) is 0 Å². The Hall–Kier alpha value is -1.58. The lowest BCUT2D eigenvalue weighted by molar-refractivity contribution is -0.117. The molecular weight excluding hydrogens is 340 g/mol. The second-order valence-electron chi connectivity index (χ2n) is 6.33. The van der Waals surface area contributed by atoms with E-state index in [0.717, 1.165) is 12.5 Å². The van der Waals surface area contributed by atoms with Crippen LogP contribution in [0, 0.1) is 5.41 Å². The number of anilines is 1. The van der Waals surface area contributed by atoms with Crippen molar-refractivity contribution in [3.63, 3.8) is 0 Å². The van der Waals surface area contributed by atoms with Crippen molar-refractivity contribution in [2.45, 2.75) is 24.0 Å². The fourth-order valence-electron chi connectivity index (χ4n) is 2.73. The topological polar surface area (TPSA) is 92.5 Å². The van der Waals surface area contributed by atoms with E-state index in [1.54, 1.807) is 0 Å². The van der Waals surface area contributed by atoms with E-state index in [1.165, 1.54) is 18.2 Å². The number of rotatable bonds is 6. The van der Waals surface area contributed by atoms with E-state index >= 15 is 0 Å². The monoisotopic (exact) mass is 361 g/mol. The second-order valence-corrected chi connectivity index (χ2v) is 8.21. The maximum absolute atomic E-state index is 12.7. The number of hydrogen-bond acceptors (Lipinski definition) is 5. The number of nitrogens with one attached hydrogen (secondary N) is 1. The molecule has 1 saturated heterocycles. The van der Waals surface area contributed by atoms with E-state index in [-0.39, 0.29) is 17.6 Å². The average molecular weight is 361 g/mol. The Morgan fingerprint density at radius 2 is 2.08 bits per heavy atom. The van der Waals surface area contributed by atoms with Crippen LogP contribution in [-0.2, 0) is 14.6 Å². The maximum Gasteiger partial charge on any atom is 0.341 e. The summed E-state index contributed by atoms with van der Waals surface area (Å²) in [7, 11) is -4.78. The molecule has 0 aliphatic carbocycles. The van der Waals surface area contributed by atoms with Gasteiger partial charge >= 0.3 is 5.76 Å². The highest BCUT2D eigenvalue weighted by Gasteiger charge is 2.33. The molecule has 0 aromatic heterocycles. The van der Waals surface area contributed by atoms with Crippen molar-refractivity contribution in [1.82, 2.24) is 4.90 Å². The molecule has 24 heavy (non-hydrogen) atoms. The van der Waals surface area contributed by atoms with Crippen molar-refractivity contribution in [2.24, 2.45) is 11.1 Å². The second kappa shape index (κ2) is 7.12. The molecule has 0 bridgehead atoms. The largest absolute Gasteiger partial charge is 0.341 e. The van der Waals surface area contributed by atoms with Crippen LogP contribution in [0.25, 0.3) is 0 Å². The van der Waals surface area contributed by atoms with E-state index < -0.39 is 26.4 Å². The molecule has 1 heterocycles. The molecule has 6 nitrogen and oxygen atoms in total. The summed E-state index contributed by atoms with van der Waals surface area (Å²) in [4.78, 5) is 13.5. The lowest BCUT2D eigenvalue weighted by Gasteiger charge is -2.22. The number of amides is 1. The third-order valence-electron chi connectivity index (χ3n) is 4.20. The van der Waals surface area contributed by atoms with Crippen LogP contribution in [0.1, 0.15) is 13.3 Å². The molecule has 1 aromatic rings. The standard InChI is InChI=1S/C15H21F2N3O3S/c1-15(9-18)6-7-20(10-15)8-13(21)19-11-4-2-3-5-12(11)24(22,23)14(16)17/h2-5,14H,6-10,18H2,1H3,(H,19,21). The predicted octanol–water partition coefficient (Wildman–Crippen LogP) is 1.29. The molecule has 1 aliphatic heterocycles. The molecule has 9 heteroatoms. The molecule has 1 unspecified atom stereocenters. The number of hydrogen-bond donors (Lipinski definition) is 2. The molecule has 134 valence electrons. The summed E-state index contributed by atoms with van der Waals surface area (Å²) in [6, 6.07) is 5.15. The summed E-state index contributed by atoms with van der Waals surface area (Å²) in [5.41, 5.74) is 5.54. The Morgan fingerprint density at radius 3 is 2.67 bits per heavy atom. The zero-order chi connectivity index (χ0) is 18.0. The Balaban J connectivity index is 2.08.